The van der Waals surface area contributed by atoms with Gasteiger partial charge >= 0.3 is 0 Å². The molecule has 9 nitrogen and oxygen atoms in total. The molecule has 3 aromatic heterocycles. The van der Waals surface area contributed by atoms with Crippen LogP contribution in [0.3, 0.4) is 0 Å². The Labute approximate surface area is 204 Å². The van der Waals surface area contributed by atoms with E-state index in [-0.39, 0.29) is 11.9 Å². The minimum atomic E-state index is -1.16. The fraction of sp³-hybridized carbons (Fsp3) is 0.346. The van der Waals surface area contributed by atoms with E-state index in [2.05, 4.69) is 31.7 Å². The van der Waals surface area contributed by atoms with Crippen molar-refractivity contribution in [2.75, 3.05) is 23.8 Å². The van der Waals surface area contributed by atoms with E-state index in [4.69, 9.17) is 4.74 Å². The zero-order valence-corrected chi connectivity index (χ0v) is 20.0. The summed E-state index contributed by atoms with van der Waals surface area (Å²) in [5, 5.41) is 26.1. The lowest BCUT2D eigenvalue weighted by atomic mass is 10.0. The lowest BCUT2D eigenvalue weighted by molar-refractivity contribution is 0.0737. The molecule has 0 radical (unpaired) electrons. The number of hydrogen-bond donors (Lipinski definition) is 3. The van der Waals surface area contributed by atoms with Crippen molar-refractivity contribution in [1.29, 1.82) is 5.26 Å². The maximum atomic E-state index is 12.8. The Morgan fingerprint density at radius 2 is 1.94 bits per heavy atom. The van der Waals surface area contributed by atoms with Gasteiger partial charge in [0, 0.05) is 54.0 Å². The Hall–Kier alpha value is -3.87. The lowest BCUT2D eigenvalue weighted by Gasteiger charge is -2.24. The average molecular weight is 473 g/mol. The lowest BCUT2D eigenvalue weighted by Crippen LogP contribution is -2.28. The van der Waals surface area contributed by atoms with Gasteiger partial charge in [-0.3, -0.25) is 14.8 Å². The first-order chi connectivity index (χ1) is 16.7. The van der Waals surface area contributed by atoms with Gasteiger partial charge in [-0.05, 0) is 57.9 Å². The average Bonchev–Trinajstić information content (AvgIpc) is 2.85. The molecule has 0 unspecified atom stereocenters. The van der Waals surface area contributed by atoms with E-state index in [1.54, 1.807) is 44.4 Å². The van der Waals surface area contributed by atoms with Crippen molar-refractivity contribution in [3.63, 3.8) is 0 Å². The Morgan fingerprint density at radius 1 is 1.17 bits per heavy atom. The van der Waals surface area contributed by atoms with Gasteiger partial charge in [-0.25, -0.2) is 4.98 Å². The summed E-state index contributed by atoms with van der Waals surface area (Å²) >= 11 is 0. The number of nitrogens with one attached hydrogen (secondary N) is 2. The van der Waals surface area contributed by atoms with Crippen LogP contribution in [0.25, 0.3) is 11.1 Å². The molecular formula is C26H28N6O3. The molecule has 0 bridgehead atoms. The molecule has 3 N–H and O–H groups in total. The van der Waals surface area contributed by atoms with Crippen LogP contribution in [0.4, 0.5) is 11.5 Å². The molecule has 0 aromatic carbocycles. The van der Waals surface area contributed by atoms with Crippen LogP contribution in [0.1, 0.15) is 54.0 Å². The van der Waals surface area contributed by atoms with Crippen LogP contribution < -0.4 is 10.6 Å². The van der Waals surface area contributed by atoms with E-state index in [9.17, 15) is 15.2 Å². The Bertz CT molecular complexity index is 1270. The summed E-state index contributed by atoms with van der Waals surface area (Å²) < 4.78 is 5.40. The zero-order chi connectivity index (χ0) is 25.0. The van der Waals surface area contributed by atoms with Crippen LogP contribution in [0.5, 0.6) is 0 Å². The first-order valence-corrected chi connectivity index (χ1v) is 11.5. The number of amides is 1. The highest BCUT2D eigenvalue weighted by atomic mass is 16.5. The predicted molar refractivity (Wildman–Crippen MR) is 132 cm³/mol. The molecule has 180 valence electrons. The SMILES string of the molecule is Cc1ncc(NC(=O)c2ccnc(C(C)(C)O)c2)cc1-c1cnc(NC2CCOCC2)c(C#N)c1. The smallest absolute Gasteiger partial charge is 0.255 e. The molecule has 1 saturated heterocycles. The summed E-state index contributed by atoms with van der Waals surface area (Å²) in [6, 6.07) is 9.18. The van der Waals surface area contributed by atoms with Crippen LogP contribution in [0.2, 0.25) is 0 Å². The second-order valence-corrected chi connectivity index (χ2v) is 9.06. The summed E-state index contributed by atoms with van der Waals surface area (Å²) in [5.41, 5.74) is 2.79. The maximum Gasteiger partial charge on any atom is 0.255 e. The van der Waals surface area contributed by atoms with E-state index in [1.165, 1.54) is 6.20 Å². The topological polar surface area (TPSA) is 133 Å². The number of rotatable bonds is 6. The van der Waals surface area contributed by atoms with Crippen molar-refractivity contribution in [2.45, 2.75) is 45.3 Å². The molecular weight excluding hydrogens is 444 g/mol. The van der Waals surface area contributed by atoms with Crippen molar-refractivity contribution < 1.29 is 14.6 Å². The van der Waals surface area contributed by atoms with E-state index in [0.717, 1.165) is 29.7 Å². The van der Waals surface area contributed by atoms with E-state index in [0.29, 0.717) is 41.5 Å². The molecule has 4 rings (SSSR count). The van der Waals surface area contributed by atoms with Gasteiger partial charge in [0.15, 0.2) is 0 Å². The van der Waals surface area contributed by atoms with Crippen molar-refractivity contribution in [3.8, 4) is 17.2 Å². The first kappa shape index (κ1) is 24.3. The summed E-state index contributed by atoms with van der Waals surface area (Å²) in [7, 11) is 0. The molecule has 1 fully saturated rings. The number of carbonyl (C=O) groups is 1. The van der Waals surface area contributed by atoms with Crippen molar-refractivity contribution >= 4 is 17.4 Å². The molecule has 0 atom stereocenters. The van der Waals surface area contributed by atoms with Crippen LogP contribution in [0.15, 0.2) is 42.9 Å². The number of aromatic nitrogens is 3. The molecule has 0 aliphatic carbocycles. The second-order valence-electron chi connectivity index (χ2n) is 9.06. The molecule has 1 aliphatic rings. The van der Waals surface area contributed by atoms with Crippen molar-refractivity contribution in [2.24, 2.45) is 0 Å². The largest absolute Gasteiger partial charge is 0.384 e. The van der Waals surface area contributed by atoms with Gasteiger partial charge in [-0.15, -0.1) is 0 Å². The summed E-state index contributed by atoms with van der Waals surface area (Å²) in [6.45, 7) is 6.47. The molecule has 9 heteroatoms. The quantitative estimate of drug-likeness (QED) is 0.493. The highest BCUT2D eigenvalue weighted by Gasteiger charge is 2.20. The third-order valence-electron chi connectivity index (χ3n) is 5.88. The fourth-order valence-corrected chi connectivity index (χ4v) is 3.85. The third kappa shape index (κ3) is 5.80. The van der Waals surface area contributed by atoms with Crippen LogP contribution in [0, 0.1) is 18.3 Å². The zero-order valence-electron chi connectivity index (χ0n) is 20.0. The number of aryl methyl sites for hydroxylation is 1. The Kier molecular flexibility index (Phi) is 7.05. The van der Waals surface area contributed by atoms with Crippen LogP contribution >= 0.6 is 0 Å². The van der Waals surface area contributed by atoms with Gasteiger partial charge in [0.25, 0.3) is 5.91 Å². The molecule has 35 heavy (non-hydrogen) atoms. The molecule has 3 aromatic rings. The number of pyridine rings is 3. The standard InChI is InChI=1S/C26H28N6O3/c1-16-22(19-10-18(13-27)24(30-14-19)31-20-5-8-35-9-6-20)12-21(15-29-16)32-25(33)17-4-7-28-23(11-17)26(2,3)34/h4,7,10-12,14-15,20,34H,5-6,8-9H2,1-3H3,(H,30,31)(H,32,33). The van der Waals surface area contributed by atoms with E-state index in [1.807, 2.05) is 13.0 Å². The molecule has 1 aliphatic heterocycles. The number of anilines is 2. The minimum Gasteiger partial charge on any atom is -0.384 e. The predicted octanol–water partition coefficient (Wildman–Crippen LogP) is 3.79. The van der Waals surface area contributed by atoms with Gasteiger partial charge in [0.2, 0.25) is 0 Å². The molecule has 0 spiro atoms. The van der Waals surface area contributed by atoms with E-state index >= 15 is 0 Å². The number of hydrogen-bond acceptors (Lipinski definition) is 8. The maximum absolute atomic E-state index is 12.8. The number of carbonyl (C=O) groups excluding carboxylic acids is 1. The van der Waals surface area contributed by atoms with Crippen LogP contribution in [-0.4, -0.2) is 45.2 Å². The van der Waals surface area contributed by atoms with Crippen molar-refractivity contribution in [3.05, 3.63) is 65.4 Å². The van der Waals surface area contributed by atoms with Gasteiger partial charge < -0.3 is 20.5 Å². The highest BCUT2D eigenvalue weighted by Crippen LogP contribution is 2.28. The third-order valence-corrected chi connectivity index (χ3v) is 5.88. The summed E-state index contributed by atoms with van der Waals surface area (Å²) in [6.07, 6.45) is 6.51. The van der Waals surface area contributed by atoms with Gasteiger partial charge in [-0.2, -0.15) is 5.26 Å². The minimum absolute atomic E-state index is 0.223. The number of nitriles is 1. The van der Waals surface area contributed by atoms with Gasteiger partial charge in [-0.1, -0.05) is 0 Å². The molecule has 0 saturated carbocycles. The van der Waals surface area contributed by atoms with Crippen molar-refractivity contribution in [1.82, 2.24) is 15.0 Å². The first-order valence-electron chi connectivity index (χ1n) is 11.5. The fourth-order valence-electron chi connectivity index (χ4n) is 3.85. The summed E-state index contributed by atoms with van der Waals surface area (Å²) in [4.78, 5) is 25.9. The van der Waals surface area contributed by atoms with Gasteiger partial charge in [0.1, 0.15) is 17.5 Å². The normalized spacial score (nSPS) is 14.3. The highest BCUT2D eigenvalue weighted by molar-refractivity contribution is 6.04. The Balaban J connectivity index is 1.56. The molecule has 4 heterocycles. The van der Waals surface area contributed by atoms with E-state index < -0.39 is 5.60 Å². The molecule has 1 amide bonds. The van der Waals surface area contributed by atoms with Crippen LogP contribution in [-0.2, 0) is 10.3 Å². The monoisotopic (exact) mass is 472 g/mol. The number of nitrogens with zero attached hydrogens (tertiary/aromatic N) is 4. The van der Waals surface area contributed by atoms with Gasteiger partial charge in [0.05, 0.1) is 23.1 Å². The second kappa shape index (κ2) is 10.2. The number of ether oxygens (including phenoxy) is 1. The summed E-state index contributed by atoms with van der Waals surface area (Å²) in [5.74, 6) is 0.208. The number of aliphatic hydroxyl groups is 1. The Morgan fingerprint density at radius 3 is 2.66 bits per heavy atom.